The number of rotatable bonds is 9. The molecule has 3 atom stereocenters. The summed E-state index contributed by atoms with van der Waals surface area (Å²) in [5.74, 6) is -0.974. The number of aromatic nitrogens is 1. The molecule has 2 heterocycles. The second-order valence-electron chi connectivity index (χ2n) is 9.92. The van der Waals surface area contributed by atoms with Crippen LogP contribution in [0.4, 0.5) is 10.1 Å². The van der Waals surface area contributed by atoms with Gasteiger partial charge in [0.2, 0.25) is 0 Å². The molecule has 2 aromatic carbocycles. The Balaban J connectivity index is 1.71. The lowest BCUT2D eigenvalue weighted by Crippen LogP contribution is -2.49. The van der Waals surface area contributed by atoms with E-state index in [1.54, 1.807) is 36.4 Å². The molecule has 1 aromatic heterocycles. The molecule has 11 heteroatoms. The molecule has 4 rings (SSSR count). The van der Waals surface area contributed by atoms with Crippen molar-refractivity contribution in [1.82, 2.24) is 14.8 Å². The van der Waals surface area contributed by atoms with E-state index in [4.69, 9.17) is 4.74 Å². The first-order chi connectivity index (χ1) is 18.6. The van der Waals surface area contributed by atoms with Crippen molar-refractivity contribution in [3.63, 3.8) is 0 Å². The minimum Gasteiger partial charge on any atom is -0.486 e. The Morgan fingerprint density at radius 2 is 1.87 bits per heavy atom. The summed E-state index contributed by atoms with van der Waals surface area (Å²) >= 11 is 0. The Labute approximate surface area is 228 Å². The van der Waals surface area contributed by atoms with Crippen molar-refractivity contribution < 1.29 is 27.4 Å². The number of hydrogen-bond acceptors (Lipinski definition) is 7. The minimum absolute atomic E-state index is 0.0951. The average Bonchev–Trinajstić information content (AvgIpc) is 2.91. The van der Waals surface area contributed by atoms with E-state index in [2.05, 4.69) is 14.6 Å². The zero-order chi connectivity index (χ0) is 28.2. The molecule has 0 fully saturated rings. The molecular formula is C28H33FN4O5S. The fourth-order valence-corrected chi connectivity index (χ4v) is 5.59. The van der Waals surface area contributed by atoms with Crippen LogP contribution in [0.1, 0.15) is 29.8 Å². The Morgan fingerprint density at radius 3 is 2.54 bits per heavy atom. The number of amides is 1. The molecule has 2 N–H and O–H groups in total. The smallest absolute Gasteiger partial charge is 0.262 e. The van der Waals surface area contributed by atoms with E-state index in [0.29, 0.717) is 19.6 Å². The Bertz CT molecular complexity index is 1390. The third-order valence-electron chi connectivity index (χ3n) is 6.75. The lowest BCUT2D eigenvalue weighted by Gasteiger charge is -2.38. The standard InChI is InChI=1S/C28H33FN4O5S/c1-19-15-33(20(2)18-34)28(35)24-5-4-6-25(31-39(36,37)23-9-7-22(29)8-10-23)27(24)38-26(19)17-32(3)16-21-11-13-30-14-12-21/h4-14,19-20,26,31,34H,15-18H2,1-3H3/t19-,20+,26-/m1/s1. The van der Waals surface area contributed by atoms with Crippen LogP contribution in [-0.2, 0) is 16.6 Å². The number of aliphatic hydroxyl groups is 1. The summed E-state index contributed by atoms with van der Waals surface area (Å²) in [6, 6.07) is 12.5. The van der Waals surface area contributed by atoms with Crippen molar-refractivity contribution in [2.24, 2.45) is 5.92 Å². The number of fused-ring (bicyclic) bond motifs is 1. The number of aliphatic hydroxyl groups excluding tert-OH is 1. The first kappa shape index (κ1) is 28.5. The van der Waals surface area contributed by atoms with Gasteiger partial charge in [-0.1, -0.05) is 13.0 Å². The normalized spacial score (nSPS) is 18.6. The number of hydrogen-bond donors (Lipinski definition) is 2. The van der Waals surface area contributed by atoms with Gasteiger partial charge in [0.1, 0.15) is 11.9 Å². The highest BCUT2D eigenvalue weighted by Gasteiger charge is 2.35. The van der Waals surface area contributed by atoms with E-state index in [1.165, 1.54) is 18.2 Å². The Kier molecular flexibility index (Phi) is 8.83. The molecule has 1 aliphatic heterocycles. The van der Waals surface area contributed by atoms with Gasteiger partial charge in [0.25, 0.3) is 15.9 Å². The molecule has 0 unspecified atom stereocenters. The monoisotopic (exact) mass is 556 g/mol. The van der Waals surface area contributed by atoms with Gasteiger partial charge in [-0.05, 0) is 68.1 Å². The summed E-state index contributed by atoms with van der Waals surface area (Å²) in [7, 11) is -2.15. The second-order valence-corrected chi connectivity index (χ2v) is 11.6. The van der Waals surface area contributed by atoms with Gasteiger partial charge in [-0.2, -0.15) is 0 Å². The third-order valence-corrected chi connectivity index (χ3v) is 8.13. The predicted octanol–water partition coefficient (Wildman–Crippen LogP) is 3.37. The Morgan fingerprint density at radius 1 is 1.18 bits per heavy atom. The van der Waals surface area contributed by atoms with E-state index < -0.39 is 28.0 Å². The number of anilines is 1. The summed E-state index contributed by atoms with van der Waals surface area (Å²) in [4.78, 5) is 21.2. The van der Waals surface area contributed by atoms with Crippen LogP contribution >= 0.6 is 0 Å². The number of benzene rings is 2. The predicted molar refractivity (Wildman–Crippen MR) is 145 cm³/mol. The largest absolute Gasteiger partial charge is 0.486 e. The molecule has 9 nitrogen and oxygen atoms in total. The molecular weight excluding hydrogens is 523 g/mol. The maximum Gasteiger partial charge on any atom is 0.262 e. The average molecular weight is 557 g/mol. The van der Waals surface area contributed by atoms with Crippen LogP contribution in [0.3, 0.4) is 0 Å². The van der Waals surface area contributed by atoms with Crippen molar-refractivity contribution in [2.45, 2.75) is 37.4 Å². The molecule has 39 heavy (non-hydrogen) atoms. The molecule has 1 aliphatic rings. The number of sulfonamides is 1. The van der Waals surface area contributed by atoms with Crippen molar-refractivity contribution >= 4 is 21.6 Å². The van der Waals surface area contributed by atoms with Crippen LogP contribution in [0.25, 0.3) is 0 Å². The highest BCUT2D eigenvalue weighted by atomic mass is 32.2. The molecule has 0 aliphatic carbocycles. The molecule has 1 amide bonds. The van der Waals surface area contributed by atoms with Crippen LogP contribution in [0.2, 0.25) is 0 Å². The molecule has 3 aromatic rings. The summed E-state index contributed by atoms with van der Waals surface area (Å²) in [6.07, 6.45) is 3.04. The minimum atomic E-state index is -4.11. The number of nitrogens with one attached hydrogen (secondary N) is 1. The van der Waals surface area contributed by atoms with Crippen molar-refractivity contribution in [3.05, 3.63) is 83.9 Å². The van der Waals surface area contributed by atoms with Gasteiger partial charge in [0, 0.05) is 37.9 Å². The number of likely N-dealkylation sites (N-methyl/N-ethyl adjacent to an activating group) is 1. The number of pyridine rings is 1. The lowest BCUT2D eigenvalue weighted by atomic mass is 9.99. The summed E-state index contributed by atoms with van der Waals surface area (Å²) in [5.41, 5.74) is 1.35. The molecule has 0 spiro atoms. The molecule has 0 saturated heterocycles. The fraction of sp³-hybridized carbons (Fsp3) is 0.357. The van der Waals surface area contributed by atoms with Crippen molar-refractivity contribution in [1.29, 1.82) is 0 Å². The van der Waals surface area contributed by atoms with Crippen LogP contribution in [0.15, 0.2) is 71.9 Å². The van der Waals surface area contributed by atoms with Gasteiger partial charge >= 0.3 is 0 Å². The van der Waals surface area contributed by atoms with E-state index >= 15 is 0 Å². The number of nitrogens with zero attached hydrogens (tertiary/aromatic N) is 3. The summed E-state index contributed by atoms with van der Waals surface area (Å²) in [6.45, 7) is 4.97. The zero-order valence-corrected chi connectivity index (χ0v) is 22.9. The van der Waals surface area contributed by atoms with Gasteiger partial charge in [-0.15, -0.1) is 0 Å². The molecule has 0 saturated carbocycles. The molecule has 0 bridgehead atoms. The van der Waals surface area contributed by atoms with E-state index in [-0.39, 0.29) is 40.3 Å². The maximum atomic E-state index is 13.6. The highest BCUT2D eigenvalue weighted by molar-refractivity contribution is 7.92. The summed E-state index contributed by atoms with van der Waals surface area (Å²) in [5, 5.41) is 9.87. The molecule has 208 valence electrons. The number of halogens is 1. The van der Waals surface area contributed by atoms with Gasteiger partial charge in [0.15, 0.2) is 5.75 Å². The van der Waals surface area contributed by atoms with Gasteiger partial charge in [-0.25, -0.2) is 12.8 Å². The third kappa shape index (κ3) is 6.73. The van der Waals surface area contributed by atoms with E-state index in [0.717, 1.165) is 17.7 Å². The van der Waals surface area contributed by atoms with E-state index in [9.17, 15) is 22.7 Å². The van der Waals surface area contributed by atoms with Crippen LogP contribution in [-0.4, -0.2) is 73.1 Å². The summed E-state index contributed by atoms with van der Waals surface area (Å²) < 4.78 is 48.7. The second kappa shape index (κ2) is 12.1. The first-order valence-electron chi connectivity index (χ1n) is 12.7. The Hall–Kier alpha value is -3.54. The number of carbonyl (C=O) groups is 1. The fourth-order valence-electron chi connectivity index (χ4n) is 4.53. The van der Waals surface area contributed by atoms with Gasteiger partial charge in [0.05, 0.1) is 28.8 Å². The van der Waals surface area contributed by atoms with Crippen molar-refractivity contribution in [2.75, 3.05) is 31.5 Å². The highest BCUT2D eigenvalue weighted by Crippen LogP contribution is 2.36. The van der Waals surface area contributed by atoms with Crippen LogP contribution < -0.4 is 9.46 Å². The number of para-hydroxylation sites is 1. The topological polar surface area (TPSA) is 112 Å². The molecule has 0 radical (unpaired) electrons. The first-order valence-corrected chi connectivity index (χ1v) is 14.1. The number of carbonyl (C=O) groups excluding carboxylic acids is 1. The van der Waals surface area contributed by atoms with Gasteiger partial charge < -0.3 is 14.7 Å². The van der Waals surface area contributed by atoms with Gasteiger partial charge in [-0.3, -0.25) is 19.4 Å². The maximum absolute atomic E-state index is 13.6. The SMILES string of the molecule is C[C@@H]1CN([C@@H](C)CO)C(=O)c2cccc(NS(=O)(=O)c3ccc(F)cc3)c2O[C@@H]1CN(C)Cc1ccncc1. The van der Waals surface area contributed by atoms with Crippen LogP contribution in [0.5, 0.6) is 5.75 Å². The lowest BCUT2D eigenvalue weighted by molar-refractivity contribution is 0.0344. The van der Waals surface area contributed by atoms with Crippen LogP contribution in [0, 0.1) is 11.7 Å². The van der Waals surface area contributed by atoms with E-state index in [1.807, 2.05) is 26.1 Å². The zero-order valence-electron chi connectivity index (χ0n) is 22.1. The van der Waals surface area contributed by atoms with Crippen molar-refractivity contribution in [3.8, 4) is 5.75 Å². The number of ether oxygens (including phenoxy) is 1. The quantitative estimate of drug-likeness (QED) is 0.416.